The third-order valence-electron chi connectivity index (χ3n) is 3.86. The van der Waals surface area contributed by atoms with Crippen molar-refractivity contribution in [2.45, 2.75) is 20.1 Å². The fourth-order valence-electron chi connectivity index (χ4n) is 2.55. The van der Waals surface area contributed by atoms with Crippen molar-refractivity contribution >= 4 is 17.3 Å². The molecule has 0 spiro atoms. The van der Waals surface area contributed by atoms with Crippen molar-refractivity contribution in [3.8, 4) is 5.75 Å². The van der Waals surface area contributed by atoms with Gasteiger partial charge >= 0.3 is 0 Å². The molecule has 0 aliphatic carbocycles. The smallest absolute Gasteiger partial charge is 0.129 e. The highest BCUT2D eigenvalue weighted by atomic mass is 35.5. The number of halogens is 2. The van der Waals surface area contributed by atoms with Crippen LogP contribution in [0.2, 0.25) is 5.02 Å². The highest BCUT2D eigenvalue weighted by molar-refractivity contribution is 6.30. The molecule has 0 fully saturated rings. The van der Waals surface area contributed by atoms with Gasteiger partial charge in [0.25, 0.3) is 0 Å². The average Bonchev–Trinajstić information content (AvgIpc) is 2.60. The molecular formula is C21H19ClFNO. The zero-order valence-electron chi connectivity index (χ0n) is 13.9. The van der Waals surface area contributed by atoms with Gasteiger partial charge in [-0.3, -0.25) is 0 Å². The number of anilines is 1. The van der Waals surface area contributed by atoms with Crippen LogP contribution in [-0.4, -0.2) is 0 Å². The lowest BCUT2D eigenvalue weighted by Crippen LogP contribution is -2.04. The van der Waals surface area contributed by atoms with E-state index in [9.17, 15) is 4.39 Å². The van der Waals surface area contributed by atoms with E-state index in [1.807, 2.05) is 37.3 Å². The molecule has 0 saturated heterocycles. The lowest BCUT2D eigenvalue weighted by atomic mass is 10.1. The first-order chi connectivity index (χ1) is 12.1. The van der Waals surface area contributed by atoms with Crippen LogP contribution in [0.25, 0.3) is 0 Å². The molecule has 0 radical (unpaired) electrons. The Morgan fingerprint density at radius 1 is 0.960 bits per heavy atom. The SMILES string of the molecule is Cc1cccc(NCc2cc(Cl)ccc2OCc2ccccc2F)c1. The molecule has 0 saturated carbocycles. The van der Waals surface area contributed by atoms with Crippen LogP contribution < -0.4 is 10.1 Å². The maximum atomic E-state index is 13.8. The zero-order valence-corrected chi connectivity index (χ0v) is 14.7. The number of hydrogen-bond donors (Lipinski definition) is 1. The molecule has 0 aliphatic heterocycles. The molecular weight excluding hydrogens is 337 g/mol. The van der Waals surface area contributed by atoms with Gasteiger partial charge < -0.3 is 10.1 Å². The van der Waals surface area contributed by atoms with Gasteiger partial charge in [0.1, 0.15) is 18.2 Å². The van der Waals surface area contributed by atoms with E-state index in [0.29, 0.717) is 22.9 Å². The summed E-state index contributed by atoms with van der Waals surface area (Å²) in [6.07, 6.45) is 0. The van der Waals surface area contributed by atoms with Gasteiger partial charge in [-0.2, -0.15) is 0 Å². The minimum absolute atomic E-state index is 0.172. The summed E-state index contributed by atoms with van der Waals surface area (Å²) in [5, 5.41) is 4.00. The minimum Gasteiger partial charge on any atom is -0.488 e. The van der Waals surface area contributed by atoms with E-state index in [2.05, 4.69) is 11.4 Å². The minimum atomic E-state index is -0.268. The fraction of sp³-hybridized carbons (Fsp3) is 0.143. The number of rotatable bonds is 6. The number of nitrogens with one attached hydrogen (secondary N) is 1. The van der Waals surface area contributed by atoms with Gasteiger partial charge in [-0.15, -0.1) is 0 Å². The molecule has 0 aliphatic rings. The Balaban J connectivity index is 1.73. The van der Waals surface area contributed by atoms with Crippen LogP contribution in [0.3, 0.4) is 0 Å². The first-order valence-electron chi connectivity index (χ1n) is 8.07. The summed E-state index contributed by atoms with van der Waals surface area (Å²) < 4.78 is 19.6. The maximum Gasteiger partial charge on any atom is 0.129 e. The van der Waals surface area contributed by atoms with E-state index < -0.39 is 0 Å². The van der Waals surface area contributed by atoms with Gasteiger partial charge in [0, 0.05) is 28.4 Å². The van der Waals surface area contributed by atoms with Crippen molar-refractivity contribution in [2.24, 2.45) is 0 Å². The predicted molar refractivity (Wildman–Crippen MR) is 101 cm³/mol. The van der Waals surface area contributed by atoms with Crippen LogP contribution in [0.5, 0.6) is 5.75 Å². The first kappa shape index (κ1) is 17.3. The normalized spacial score (nSPS) is 10.5. The highest BCUT2D eigenvalue weighted by Gasteiger charge is 2.07. The molecule has 25 heavy (non-hydrogen) atoms. The molecule has 0 amide bonds. The number of ether oxygens (including phenoxy) is 1. The summed E-state index contributed by atoms with van der Waals surface area (Å²) in [7, 11) is 0. The molecule has 128 valence electrons. The first-order valence-corrected chi connectivity index (χ1v) is 8.45. The van der Waals surface area contributed by atoms with E-state index in [-0.39, 0.29) is 12.4 Å². The lowest BCUT2D eigenvalue weighted by Gasteiger charge is -2.14. The van der Waals surface area contributed by atoms with Gasteiger partial charge in [0.2, 0.25) is 0 Å². The second kappa shape index (κ2) is 8.04. The molecule has 0 heterocycles. The average molecular weight is 356 g/mol. The van der Waals surface area contributed by atoms with Crippen LogP contribution in [0.1, 0.15) is 16.7 Å². The summed E-state index contributed by atoms with van der Waals surface area (Å²) in [6, 6.07) is 20.2. The fourth-order valence-corrected chi connectivity index (χ4v) is 2.74. The largest absolute Gasteiger partial charge is 0.488 e. The molecule has 1 N–H and O–H groups in total. The number of benzene rings is 3. The van der Waals surface area contributed by atoms with E-state index in [0.717, 1.165) is 11.3 Å². The van der Waals surface area contributed by atoms with Crippen LogP contribution in [0.15, 0.2) is 66.7 Å². The summed E-state index contributed by atoms with van der Waals surface area (Å²) >= 11 is 6.12. The Hall–Kier alpha value is -2.52. The number of aryl methyl sites for hydroxylation is 1. The summed E-state index contributed by atoms with van der Waals surface area (Å²) in [5.74, 6) is 0.420. The molecule has 3 rings (SSSR count). The van der Waals surface area contributed by atoms with Crippen molar-refractivity contribution < 1.29 is 9.13 Å². The highest BCUT2D eigenvalue weighted by Crippen LogP contribution is 2.25. The third-order valence-corrected chi connectivity index (χ3v) is 4.10. The second-order valence-corrected chi connectivity index (χ2v) is 6.29. The van der Waals surface area contributed by atoms with Crippen molar-refractivity contribution in [3.05, 3.63) is 94.3 Å². The van der Waals surface area contributed by atoms with Gasteiger partial charge in [0.15, 0.2) is 0 Å². The van der Waals surface area contributed by atoms with Gasteiger partial charge in [-0.05, 0) is 48.9 Å². The Morgan fingerprint density at radius 2 is 1.80 bits per heavy atom. The topological polar surface area (TPSA) is 21.3 Å². The van der Waals surface area contributed by atoms with E-state index >= 15 is 0 Å². The maximum absolute atomic E-state index is 13.8. The Kier molecular flexibility index (Phi) is 5.56. The van der Waals surface area contributed by atoms with E-state index in [1.165, 1.54) is 11.6 Å². The third kappa shape index (κ3) is 4.74. The number of hydrogen-bond acceptors (Lipinski definition) is 2. The molecule has 3 aromatic rings. The lowest BCUT2D eigenvalue weighted by molar-refractivity contribution is 0.297. The molecule has 0 aromatic heterocycles. The van der Waals surface area contributed by atoms with Crippen molar-refractivity contribution in [1.29, 1.82) is 0 Å². The standard InChI is InChI=1S/C21H19ClFNO/c1-15-5-4-7-19(11-15)24-13-17-12-18(22)9-10-21(17)25-14-16-6-2-3-8-20(16)23/h2-12,24H,13-14H2,1H3. The Bertz CT molecular complexity index is 866. The summed E-state index contributed by atoms with van der Waals surface area (Å²) in [4.78, 5) is 0. The van der Waals surface area contributed by atoms with Crippen LogP contribution in [0, 0.1) is 12.7 Å². The molecule has 2 nitrogen and oxygen atoms in total. The van der Waals surface area contributed by atoms with Gasteiger partial charge in [-0.25, -0.2) is 4.39 Å². The van der Waals surface area contributed by atoms with Crippen molar-refractivity contribution in [1.82, 2.24) is 0 Å². The van der Waals surface area contributed by atoms with Crippen LogP contribution in [-0.2, 0) is 13.2 Å². The zero-order chi connectivity index (χ0) is 17.6. The summed E-state index contributed by atoms with van der Waals surface area (Å²) in [5.41, 5.74) is 3.66. The van der Waals surface area contributed by atoms with Crippen molar-refractivity contribution in [2.75, 3.05) is 5.32 Å². The molecule has 4 heteroatoms. The van der Waals surface area contributed by atoms with Crippen molar-refractivity contribution in [3.63, 3.8) is 0 Å². The van der Waals surface area contributed by atoms with E-state index in [1.54, 1.807) is 24.3 Å². The van der Waals surface area contributed by atoms with Gasteiger partial charge in [-0.1, -0.05) is 41.9 Å². The van der Waals surface area contributed by atoms with E-state index in [4.69, 9.17) is 16.3 Å². The second-order valence-electron chi connectivity index (χ2n) is 5.86. The molecule has 0 unspecified atom stereocenters. The Labute approximate surface area is 152 Å². The van der Waals surface area contributed by atoms with Crippen LogP contribution >= 0.6 is 11.6 Å². The molecule has 0 atom stereocenters. The van der Waals surface area contributed by atoms with Gasteiger partial charge in [0.05, 0.1) is 0 Å². The quantitative estimate of drug-likeness (QED) is 0.587. The Morgan fingerprint density at radius 3 is 2.60 bits per heavy atom. The monoisotopic (exact) mass is 355 g/mol. The van der Waals surface area contributed by atoms with Crippen LogP contribution in [0.4, 0.5) is 10.1 Å². The molecule has 3 aromatic carbocycles. The predicted octanol–water partition coefficient (Wildman–Crippen LogP) is 5.98. The molecule has 0 bridgehead atoms. The summed E-state index contributed by atoms with van der Waals surface area (Å²) in [6.45, 7) is 2.79.